The number of fused-ring (bicyclic) bond motifs is 2. The van der Waals surface area contributed by atoms with E-state index in [2.05, 4.69) is 26.3 Å². The number of aliphatic imine (C=N–C) groups is 1. The van der Waals surface area contributed by atoms with E-state index in [0.29, 0.717) is 17.9 Å². The van der Waals surface area contributed by atoms with Gasteiger partial charge in [0.05, 0.1) is 18.2 Å². The van der Waals surface area contributed by atoms with Crippen LogP contribution < -0.4 is 5.32 Å². The van der Waals surface area contributed by atoms with Crippen LogP contribution >= 0.6 is 0 Å². The summed E-state index contributed by atoms with van der Waals surface area (Å²) in [6.07, 6.45) is 3.76. The lowest BCUT2D eigenvalue weighted by Crippen LogP contribution is -2.29. The Morgan fingerprint density at radius 3 is 2.44 bits per heavy atom. The van der Waals surface area contributed by atoms with Crippen LogP contribution in [0, 0.1) is 0 Å². The van der Waals surface area contributed by atoms with Gasteiger partial charge in [-0.25, -0.2) is 0 Å². The molecule has 1 aliphatic heterocycles. The van der Waals surface area contributed by atoms with Crippen molar-refractivity contribution in [3.05, 3.63) is 72.1 Å². The summed E-state index contributed by atoms with van der Waals surface area (Å²) in [6.45, 7) is 0.561. The minimum atomic E-state index is -0.0696. The second-order valence-electron chi connectivity index (χ2n) is 6.25. The summed E-state index contributed by atoms with van der Waals surface area (Å²) in [5, 5.41) is 5.39. The number of amidine groups is 1. The highest BCUT2D eigenvalue weighted by Crippen LogP contribution is 2.27. The summed E-state index contributed by atoms with van der Waals surface area (Å²) in [7, 11) is 0. The van der Waals surface area contributed by atoms with Crippen molar-refractivity contribution in [2.75, 3.05) is 6.54 Å². The van der Waals surface area contributed by atoms with E-state index >= 15 is 0 Å². The van der Waals surface area contributed by atoms with Crippen molar-refractivity contribution in [2.24, 2.45) is 4.99 Å². The lowest BCUT2D eigenvalue weighted by molar-refractivity contribution is 0.106. The van der Waals surface area contributed by atoms with Gasteiger partial charge in [-0.3, -0.25) is 9.79 Å². The van der Waals surface area contributed by atoms with E-state index in [1.165, 1.54) is 0 Å². The van der Waals surface area contributed by atoms with Crippen LogP contribution in [0.4, 0.5) is 0 Å². The fraction of sp³-hybridized carbons (Fsp3) is 0.100. The van der Waals surface area contributed by atoms with Crippen LogP contribution in [0.3, 0.4) is 0 Å². The van der Waals surface area contributed by atoms with Gasteiger partial charge >= 0.3 is 0 Å². The lowest BCUT2D eigenvalue weighted by atomic mass is 10.1. The van der Waals surface area contributed by atoms with E-state index in [-0.39, 0.29) is 11.8 Å². The second-order valence-corrected chi connectivity index (χ2v) is 6.25. The van der Waals surface area contributed by atoms with Crippen LogP contribution in [0.5, 0.6) is 0 Å². The number of ketones is 1. The average Bonchev–Trinajstić information content (AvgIpc) is 3.38. The van der Waals surface area contributed by atoms with Gasteiger partial charge in [0, 0.05) is 39.8 Å². The molecule has 0 fully saturated rings. The van der Waals surface area contributed by atoms with Gasteiger partial charge in [0.1, 0.15) is 0 Å². The highest BCUT2D eigenvalue weighted by Gasteiger charge is 2.27. The van der Waals surface area contributed by atoms with Crippen molar-refractivity contribution in [2.45, 2.75) is 6.04 Å². The number of Topliss-reactive ketones (excluding diaryl/α,β-unsaturated/α-hetero) is 1. The number of benzene rings is 2. The van der Waals surface area contributed by atoms with E-state index in [1.54, 1.807) is 6.20 Å². The van der Waals surface area contributed by atoms with Gasteiger partial charge in [0.15, 0.2) is 5.84 Å². The zero-order chi connectivity index (χ0) is 16.8. The third-order valence-corrected chi connectivity index (χ3v) is 4.79. The highest BCUT2D eigenvalue weighted by atomic mass is 16.1. The van der Waals surface area contributed by atoms with Gasteiger partial charge < -0.3 is 15.3 Å². The van der Waals surface area contributed by atoms with Gasteiger partial charge in [-0.1, -0.05) is 36.4 Å². The maximum Gasteiger partial charge on any atom is 0.229 e. The zero-order valence-electron chi connectivity index (χ0n) is 13.4. The molecule has 0 aliphatic carbocycles. The summed E-state index contributed by atoms with van der Waals surface area (Å²) in [6, 6.07) is 16.0. The summed E-state index contributed by atoms with van der Waals surface area (Å²) >= 11 is 0. The number of nitrogens with one attached hydrogen (secondary N) is 3. The number of aromatic nitrogens is 2. The van der Waals surface area contributed by atoms with Crippen LogP contribution in [0.25, 0.3) is 21.8 Å². The molecule has 3 heterocycles. The molecule has 1 unspecified atom stereocenters. The molecule has 5 heteroatoms. The Balaban J connectivity index is 1.44. The first-order valence-corrected chi connectivity index (χ1v) is 8.29. The van der Waals surface area contributed by atoms with Crippen molar-refractivity contribution in [1.82, 2.24) is 15.3 Å². The number of carbonyl (C=O) groups excluding carboxylic acids is 1. The third-order valence-electron chi connectivity index (χ3n) is 4.79. The highest BCUT2D eigenvalue weighted by molar-refractivity contribution is 6.47. The molecule has 2 aromatic carbocycles. The Hall–Kier alpha value is -3.34. The normalized spacial score (nSPS) is 17.0. The number of nitrogens with zero attached hydrogens (tertiary/aromatic N) is 1. The summed E-state index contributed by atoms with van der Waals surface area (Å²) < 4.78 is 0. The molecular formula is C20H16N4O. The number of H-pyrrole nitrogens is 2. The first-order chi connectivity index (χ1) is 12.3. The standard InChI is InChI=1S/C20H16N4O/c25-19(15-10-22-17-8-4-2-6-13(15)17)20-23-11-18(24-20)14-9-21-16-7-3-1-5-12(14)16/h1-10,18,21-22H,11H2,(H,23,24). The quantitative estimate of drug-likeness (QED) is 0.503. The third kappa shape index (κ3) is 2.16. The molecule has 0 bridgehead atoms. The lowest BCUT2D eigenvalue weighted by Gasteiger charge is -2.10. The van der Waals surface area contributed by atoms with Crippen LogP contribution in [0.15, 0.2) is 65.9 Å². The first-order valence-electron chi connectivity index (χ1n) is 8.29. The minimum Gasteiger partial charge on any atom is -0.361 e. The van der Waals surface area contributed by atoms with Crippen molar-refractivity contribution in [3.8, 4) is 0 Å². The number of hydrogen-bond donors (Lipinski definition) is 3. The SMILES string of the molecule is O=C(C1=NCC(c2c[nH]c3ccccc23)N1)c1c[nH]c2ccccc12. The van der Waals surface area contributed by atoms with Crippen molar-refractivity contribution in [3.63, 3.8) is 0 Å². The van der Waals surface area contributed by atoms with Gasteiger partial charge in [-0.2, -0.15) is 0 Å². The number of hydrogen-bond acceptors (Lipinski definition) is 3. The number of rotatable bonds is 3. The number of para-hydroxylation sites is 2. The van der Waals surface area contributed by atoms with Crippen molar-refractivity contribution in [1.29, 1.82) is 0 Å². The van der Waals surface area contributed by atoms with E-state index in [9.17, 15) is 4.79 Å². The van der Waals surface area contributed by atoms with Crippen LogP contribution in [0.1, 0.15) is 22.0 Å². The summed E-state index contributed by atoms with van der Waals surface area (Å²) in [5.41, 5.74) is 3.84. The van der Waals surface area contributed by atoms with E-state index < -0.39 is 0 Å². The molecule has 0 amide bonds. The monoisotopic (exact) mass is 328 g/mol. The minimum absolute atomic E-state index is 0.0142. The summed E-state index contributed by atoms with van der Waals surface area (Å²) in [4.78, 5) is 23.8. The predicted molar refractivity (Wildman–Crippen MR) is 99.1 cm³/mol. The molecule has 4 aromatic rings. The molecule has 0 radical (unpaired) electrons. The van der Waals surface area contributed by atoms with Gasteiger partial charge in [-0.05, 0) is 12.1 Å². The Kier molecular flexibility index (Phi) is 3.00. The van der Waals surface area contributed by atoms with E-state index in [1.807, 2.05) is 48.7 Å². The molecule has 2 aromatic heterocycles. The molecule has 5 rings (SSSR count). The second kappa shape index (κ2) is 5.34. The summed E-state index contributed by atoms with van der Waals surface area (Å²) in [5.74, 6) is 0.361. The van der Waals surface area contributed by atoms with Gasteiger partial charge in [-0.15, -0.1) is 0 Å². The molecule has 25 heavy (non-hydrogen) atoms. The largest absolute Gasteiger partial charge is 0.361 e. The zero-order valence-corrected chi connectivity index (χ0v) is 13.4. The number of carbonyl (C=O) groups is 1. The molecule has 3 N–H and O–H groups in total. The first kappa shape index (κ1) is 14.0. The van der Waals surface area contributed by atoms with Gasteiger partial charge in [0.25, 0.3) is 0 Å². The predicted octanol–water partition coefficient (Wildman–Crippen LogP) is 3.57. The molecule has 0 saturated carbocycles. The Morgan fingerprint density at radius 2 is 1.60 bits per heavy atom. The van der Waals surface area contributed by atoms with Crippen LogP contribution in [0.2, 0.25) is 0 Å². The van der Waals surface area contributed by atoms with Crippen LogP contribution in [-0.4, -0.2) is 28.1 Å². The molecule has 5 nitrogen and oxygen atoms in total. The van der Waals surface area contributed by atoms with E-state index in [4.69, 9.17) is 0 Å². The molecule has 0 saturated heterocycles. The number of aromatic amines is 2. The van der Waals surface area contributed by atoms with E-state index in [0.717, 1.165) is 27.4 Å². The Labute approximate surface area is 143 Å². The van der Waals surface area contributed by atoms with Gasteiger partial charge in [0.2, 0.25) is 5.78 Å². The molecule has 1 aliphatic rings. The topological polar surface area (TPSA) is 73.0 Å². The fourth-order valence-electron chi connectivity index (χ4n) is 3.52. The van der Waals surface area contributed by atoms with Crippen LogP contribution in [-0.2, 0) is 0 Å². The maximum absolute atomic E-state index is 12.9. The van der Waals surface area contributed by atoms with Crippen molar-refractivity contribution < 1.29 is 4.79 Å². The Bertz CT molecular complexity index is 1130. The molecule has 0 spiro atoms. The average molecular weight is 328 g/mol. The smallest absolute Gasteiger partial charge is 0.229 e. The molecule has 122 valence electrons. The molecule has 1 atom stereocenters. The Morgan fingerprint density at radius 1 is 0.920 bits per heavy atom. The maximum atomic E-state index is 12.9. The molecular weight excluding hydrogens is 312 g/mol. The fourth-order valence-corrected chi connectivity index (χ4v) is 3.52. The van der Waals surface area contributed by atoms with Crippen molar-refractivity contribution >= 4 is 33.4 Å².